The Balaban J connectivity index is 1.76. The van der Waals surface area contributed by atoms with E-state index in [4.69, 9.17) is 0 Å². The Hall–Kier alpha value is -1.12. The molecule has 0 N–H and O–H groups in total. The van der Waals surface area contributed by atoms with Gasteiger partial charge in [0.25, 0.3) is 0 Å². The van der Waals surface area contributed by atoms with E-state index in [0.29, 0.717) is 6.04 Å². The summed E-state index contributed by atoms with van der Waals surface area (Å²) >= 11 is 1.90. The third kappa shape index (κ3) is 2.65. The van der Waals surface area contributed by atoms with Crippen molar-refractivity contribution in [2.75, 3.05) is 6.54 Å². The number of piperidine rings is 1. The fraction of sp³-hybridized carbons (Fsp3) is 0.375. The van der Waals surface area contributed by atoms with Gasteiger partial charge in [-0.15, -0.1) is 11.3 Å². The Morgan fingerprint density at radius 3 is 2.72 bits per heavy atom. The number of hydrogen-bond acceptors (Lipinski definition) is 2. The molecular weight excluding hydrogens is 238 g/mol. The number of thiophene rings is 1. The minimum Gasteiger partial charge on any atom is -0.291 e. The van der Waals surface area contributed by atoms with Crippen molar-refractivity contribution in [2.24, 2.45) is 0 Å². The molecule has 94 valence electrons. The number of hydrogen-bond donors (Lipinski definition) is 0. The molecule has 0 saturated carbocycles. The molecule has 0 unspecified atom stereocenters. The standard InChI is InChI=1S/C16H19NS/c1-2-7-14(8-3-1)13-17-11-5-4-9-15(17)16-10-6-12-18-16/h1-3,6-8,10,12,15H,4-5,9,11,13H2/t15-/m0/s1. The lowest BCUT2D eigenvalue weighted by atomic mass is 10.00. The van der Waals surface area contributed by atoms with E-state index in [-0.39, 0.29) is 0 Å². The first-order valence-electron chi connectivity index (χ1n) is 6.75. The van der Waals surface area contributed by atoms with Crippen LogP contribution in [0.3, 0.4) is 0 Å². The van der Waals surface area contributed by atoms with Crippen LogP contribution in [0.5, 0.6) is 0 Å². The average molecular weight is 257 g/mol. The van der Waals surface area contributed by atoms with Crippen LogP contribution in [0.25, 0.3) is 0 Å². The molecule has 0 bridgehead atoms. The van der Waals surface area contributed by atoms with Crippen molar-refractivity contribution < 1.29 is 0 Å². The highest BCUT2D eigenvalue weighted by atomic mass is 32.1. The van der Waals surface area contributed by atoms with Gasteiger partial charge in [-0.2, -0.15) is 0 Å². The van der Waals surface area contributed by atoms with Crippen LogP contribution in [0.15, 0.2) is 47.8 Å². The third-order valence-electron chi connectivity index (χ3n) is 3.71. The highest BCUT2D eigenvalue weighted by Crippen LogP contribution is 2.34. The van der Waals surface area contributed by atoms with Crippen molar-refractivity contribution in [1.82, 2.24) is 4.90 Å². The van der Waals surface area contributed by atoms with Crippen molar-refractivity contribution in [2.45, 2.75) is 31.8 Å². The molecule has 1 atom stereocenters. The number of rotatable bonds is 3. The number of nitrogens with zero attached hydrogens (tertiary/aromatic N) is 1. The van der Waals surface area contributed by atoms with Crippen LogP contribution in [0, 0.1) is 0 Å². The normalized spacial score (nSPS) is 21.0. The summed E-state index contributed by atoms with van der Waals surface area (Å²) in [4.78, 5) is 4.18. The predicted octanol–water partition coefficient (Wildman–Crippen LogP) is 4.48. The molecule has 0 amide bonds. The van der Waals surface area contributed by atoms with Crippen LogP contribution in [0.4, 0.5) is 0 Å². The van der Waals surface area contributed by atoms with Gasteiger partial charge in [-0.3, -0.25) is 4.90 Å². The second-order valence-corrected chi connectivity index (χ2v) is 5.96. The summed E-state index contributed by atoms with van der Waals surface area (Å²) in [5.41, 5.74) is 1.43. The van der Waals surface area contributed by atoms with Gasteiger partial charge in [0.05, 0.1) is 0 Å². The highest BCUT2D eigenvalue weighted by Gasteiger charge is 2.24. The molecule has 1 aliphatic rings. The maximum absolute atomic E-state index is 2.64. The monoisotopic (exact) mass is 257 g/mol. The van der Waals surface area contributed by atoms with E-state index in [9.17, 15) is 0 Å². The van der Waals surface area contributed by atoms with Gasteiger partial charge in [0.1, 0.15) is 0 Å². The molecule has 2 heteroatoms. The maximum Gasteiger partial charge on any atom is 0.0445 e. The SMILES string of the molecule is c1ccc(CN2CCCC[C@H]2c2cccs2)cc1. The van der Waals surface area contributed by atoms with Gasteiger partial charge in [-0.25, -0.2) is 0 Å². The molecule has 3 rings (SSSR count). The van der Waals surface area contributed by atoms with Crippen molar-refractivity contribution >= 4 is 11.3 Å². The van der Waals surface area contributed by atoms with Crippen LogP contribution in [0.1, 0.15) is 35.7 Å². The second-order valence-electron chi connectivity index (χ2n) is 4.98. The molecule has 2 aromatic rings. The topological polar surface area (TPSA) is 3.24 Å². The molecule has 1 nitrogen and oxygen atoms in total. The Kier molecular flexibility index (Phi) is 3.77. The van der Waals surface area contributed by atoms with E-state index in [1.54, 1.807) is 0 Å². The smallest absolute Gasteiger partial charge is 0.0445 e. The lowest BCUT2D eigenvalue weighted by Gasteiger charge is -2.35. The molecule has 1 saturated heterocycles. The molecule has 18 heavy (non-hydrogen) atoms. The highest BCUT2D eigenvalue weighted by molar-refractivity contribution is 7.10. The molecule has 0 radical (unpaired) electrons. The lowest BCUT2D eigenvalue weighted by Crippen LogP contribution is -2.32. The Labute approximate surface area is 113 Å². The van der Waals surface area contributed by atoms with E-state index in [2.05, 4.69) is 52.7 Å². The van der Waals surface area contributed by atoms with Gasteiger partial charge in [-0.1, -0.05) is 42.8 Å². The maximum atomic E-state index is 2.64. The van der Waals surface area contributed by atoms with Gasteiger partial charge in [0.2, 0.25) is 0 Å². The molecule has 2 heterocycles. The number of benzene rings is 1. The first kappa shape index (κ1) is 11.9. The van der Waals surface area contributed by atoms with Crippen molar-refractivity contribution in [3.63, 3.8) is 0 Å². The summed E-state index contributed by atoms with van der Waals surface area (Å²) in [6, 6.07) is 15.9. The zero-order valence-corrected chi connectivity index (χ0v) is 11.4. The van der Waals surface area contributed by atoms with Crippen LogP contribution in [0.2, 0.25) is 0 Å². The fourth-order valence-corrected chi connectivity index (χ4v) is 3.70. The number of likely N-dealkylation sites (tertiary alicyclic amines) is 1. The van der Waals surface area contributed by atoms with Crippen molar-refractivity contribution in [3.8, 4) is 0 Å². The molecule has 1 aromatic heterocycles. The minimum absolute atomic E-state index is 0.638. The second kappa shape index (κ2) is 5.68. The molecular formula is C16H19NS. The first-order chi connectivity index (χ1) is 8.93. The van der Waals surface area contributed by atoms with E-state index in [1.165, 1.54) is 36.2 Å². The lowest BCUT2D eigenvalue weighted by molar-refractivity contribution is 0.143. The fourth-order valence-electron chi connectivity index (χ4n) is 2.80. The Bertz CT molecular complexity index is 463. The quantitative estimate of drug-likeness (QED) is 0.784. The summed E-state index contributed by atoms with van der Waals surface area (Å²) < 4.78 is 0. The third-order valence-corrected chi connectivity index (χ3v) is 4.69. The van der Waals surface area contributed by atoms with Gasteiger partial charge < -0.3 is 0 Å². The largest absolute Gasteiger partial charge is 0.291 e. The molecule has 1 aliphatic heterocycles. The predicted molar refractivity (Wildman–Crippen MR) is 77.8 cm³/mol. The van der Waals surface area contributed by atoms with E-state index < -0.39 is 0 Å². The Morgan fingerprint density at radius 2 is 1.94 bits per heavy atom. The summed E-state index contributed by atoms with van der Waals surface area (Å²) in [5, 5.41) is 2.20. The minimum atomic E-state index is 0.638. The molecule has 1 fully saturated rings. The zero-order valence-electron chi connectivity index (χ0n) is 10.6. The van der Waals surface area contributed by atoms with Crippen molar-refractivity contribution in [1.29, 1.82) is 0 Å². The van der Waals surface area contributed by atoms with Crippen LogP contribution < -0.4 is 0 Å². The Morgan fingerprint density at radius 1 is 1.06 bits per heavy atom. The summed E-state index contributed by atoms with van der Waals surface area (Å²) in [6.45, 7) is 2.32. The average Bonchev–Trinajstić information content (AvgIpc) is 2.94. The van der Waals surface area contributed by atoms with Crippen molar-refractivity contribution in [3.05, 3.63) is 58.3 Å². The molecule has 0 spiro atoms. The summed E-state index contributed by atoms with van der Waals surface area (Å²) in [6.07, 6.45) is 4.02. The van der Waals surface area contributed by atoms with E-state index >= 15 is 0 Å². The molecule has 1 aromatic carbocycles. The van der Waals surface area contributed by atoms with E-state index in [0.717, 1.165) is 6.54 Å². The molecule has 0 aliphatic carbocycles. The van der Waals surface area contributed by atoms with Crippen LogP contribution in [-0.2, 0) is 6.54 Å². The first-order valence-corrected chi connectivity index (χ1v) is 7.63. The van der Waals surface area contributed by atoms with Gasteiger partial charge in [0, 0.05) is 17.5 Å². The summed E-state index contributed by atoms with van der Waals surface area (Å²) in [7, 11) is 0. The van der Waals surface area contributed by atoms with E-state index in [1.807, 2.05) is 11.3 Å². The van der Waals surface area contributed by atoms with Gasteiger partial charge in [0.15, 0.2) is 0 Å². The van der Waals surface area contributed by atoms with Crippen LogP contribution >= 0.6 is 11.3 Å². The summed E-state index contributed by atoms with van der Waals surface area (Å²) in [5.74, 6) is 0. The van der Waals surface area contributed by atoms with Gasteiger partial charge in [-0.05, 0) is 36.4 Å². The van der Waals surface area contributed by atoms with Gasteiger partial charge >= 0.3 is 0 Å². The zero-order chi connectivity index (χ0) is 12.2. The van der Waals surface area contributed by atoms with Crippen LogP contribution in [-0.4, -0.2) is 11.4 Å².